The van der Waals surface area contributed by atoms with E-state index in [0.29, 0.717) is 17.9 Å². The van der Waals surface area contributed by atoms with Crippen molar-refractivity contribution in [2.24, 2.45) is 5.73 Å². The quantitative estimate of drug-likeness (QED) is 0.354. The zero-order valence-electron chi connectivity index (χ0n) is 21.1. The predicted octanol–water partition coefficient (Wildman–Crippen LogP) is 5.54. The molecule has 0 spiro atoms. The first-order chi connectivity index (χ1) is 18.3. The van der Waals surface area contributed by atoms with E-state index in [2.05, 4.69) is 15.3 Å². The number of aromatic nitrogens is 2. The standard InChI is InChI=1S/C30H29F2N5O/c1-20-7-8-24(17-35-20)25-13-21(18-37-12-10-30(31,32)28(33)19-37)14-26(15-25)36-29(38)27-16-23(9-11-34-27)22-5-3-2-4-6-22/h2-9,11,13-17,28H,10,12,18-19,33H2,1H3,(H,36,38). The van der Waals surface area contributed by atoms with Gasteiger partial charge in [-0.05, 0) is 65.6 Å². The minimum atomic E-state index is -2.85. The van der Waals surface area contributed by atoms with E-state index in [4.69, 9.17) is 5.73 Å². The van der Waals surface area contributed by atoms with Gasteiger partial charge in [0.15, 0.2) is 0 Å². The molecule has 1 unspecified atom stereocenters. The first kappa shape index (κ1) is 25.6. The number of nitrogens with two attached hydrogens (primary N) is 1. The van der Waals surface area contributed by atoms with E-state index in [1.54, 1.807) is 18.5 Å². The topological polar surface area (TPSA) is 84.1 Å². The van der Waals surface area contributed by atoms with E-state index in [9.17, 15) is 13.6 Å². The van der Waals surface area contributed by atoms with Gasteiger partial charge >= 0.3 is 0 Å². The van der Waals surface area contributed by atoms with Crippen molar-refractivity contribution in [3.8, 4) is 22.3 Å². The maximum atomic E-state index is 13.9. The third kappa shape index (κ3) is 5.93. The molecule has 1 fully saturated rings. The number of aryl methyl sites for hydroxylation is 1. The Morgan fingerprint density at radius 1 is 1.00 bits per heavy atom. The van der Waals surface area contributed by atoms with Crippen LogP contribution in [0.25, 0.3) is 22.3 Å². The van der Waals surface area contributed by atoms with Crippen LogP contribution < -0.4 is 11.1 Å². The number of hydrogen-bond acceptors (Lipinski definition) is 5. The van der Waals surface area contributed by atoms with Gasteiger partial charge in [0.05, 0.1) is 6.04 Å². The summed E-state index contributed by atoms with van der Waals surface area (Å²) in [5.74, 6) is -3.20. The van der Waals surface area contributed by atoms with Gasteiger partial charge < -0.3 is 11.1 Å². The number of carbonyl (C=O) groups excluding carboxylic acids is 1. The van der Waals surface area contributed by atoms with Gasteiger partial charge in [0, 0.05) is 55.4 Å². The second-order valence-electron chi connectivity index (χ2n) is 9.71. The third-order valence-electron chi connectivity index (χ3n) is 6.76. The summed E-state index contributed by atoms with van der Waals surface area (Å²) in [7, 11) is 0. The molecule has 194 valence electrons. The molecule has 3 N–H and O–H groups in total. The molecule has 3 heterocycles. The summed E-state index contributed by atoms with van der Waals surface area (Å²) in [5.41, 5.74) is 12.0. The van der Waals surface area contributed by atoms with Gasteiger partial charge in [-0.1, -0.05) is 36.4 Å². The summed E-state index contributed by atoms with van der Waals surface area (Å²) in [6.45, 7) is 2.69. The van der Waals surface area contributed by atoms with Crippen molar-refractivity contribution in [1.82, 2.24) is 14.9 Å². The molecule has 1 aliphatic heterocycles. The summed E-state index contributed by atoms with van der Waals surface area (Å²) in [5, 5.41) is 2.97. The van der Waals surface area contributed by atoms with Crippen LogP contribution in [0.3, 0.4) is 0 Å². The minimum absolute atomic E-state index is 0.0984. The average Bonchev–Trinajstić information content (AvgIpc) is 2.92. The van der Waals surface area contributed by atoms with Crippen LogP contribution in [0, 0.1) is 6.92 Å². The van der Waals surface area contributed by atoms with Gasteiger partial charge in [-0.3, -0.25) is 19.7 Å². The zero-order chi connectivity index (χ0) is 26.7. The smallest absolute Gasteiger partial charge is 0.274 e. The Labute approximate surface area is 220 Å². The number of nitrogens with zero attached hydrogens (tertiary/aromatic N) is 3. The number of benzene rings is 2. The van der Waals surface area contributed by atoms with Gasteiger partial charge in [0.1, 0.15) is 5.69 Å². The molecule has 2 aromatic heterocycles. The summed E-state index contributed by atoms with van der Waals surface area (Å²) in [4.78, 5) is 23.8. The molecule has 6 nitrogen and oxygen atoms in total. The molecular formula is C30H29F2N5O. The van der Waals surface area contributed by atoms with Crippen molar-refractivity contribution >= 4 is 11.6 Å². The molecule has 5 rings (SSSR count). The number of likely N-dealkylation sites (tertiary alicyclic amines) is 1. The fourth-order valence-electron chi connectivity index (χ4n) is 4.62. The van der Waals surface area contributed by atoms with Gasteiger partial charge in [-0.2, -0.15) is 0 Å². The fourth-order valence-corrected chi connectivity index (χ4v) is 4.62. The molecule has 38 heavy (non-hydrogen) atoms. The van der Waals surface area contributed by atoms with Crippen molar-refractivity contribution in [3.05, 3.63) is 102 Å². The van der Waals surface area contributed by atoms with Crippen LogP contribution in [0.2, 0.25) is 0 Å². The number of pyridine rings is 2. The Bertz CT molecular complexity index is 1430. The molecule has 1 atom stereocenters. The van der Waals surface area contributed by atoms with E-state index in [0.717, 1.165) is 33.5 Å². The molecule has 2 aromatic carbocycles. The predicted molar refractivity (Wildman–Crippen MR) is 145 cm³/mol. The van der Waals surface area contributed by atoms with Crippen molar-refractivity contribution < 1.29 is 13.6 Å². The molecule has 0 saturated carbocycles. The van der Waals surface area contributed by atoms with Crippen LogP contribution in [0.4, 0.5) is 14.5 Å². The highest BCUT2D eigenvalue weighted by atomic mass is 19.3. The van der Waals surface area contributed by atoms with E-state index in [1.807, 2.05) is 78.6 Å². The van der Waals surface area contributed by atoms with Crippen molar-refractivity contribution in [2.45, 2.75) is 31.9 Å². The Morgan fingerprint density at radius 2 is 1.82 bits per heavy atom. The van der Waals surface area contributed by atoms with Crippen LogP contribution in [0.5, 0.6) is 0 Å². The minimum Gasteiger partial charge on any atom is -0.322 e. The lowest BCUT2D eigenvalue weighted by molar-refractivity contribution is -0.0738. The first-order valence-corrected chi connectivity index (χ1v) is 12.5. The number of anilines is 1. The molecule has 1 amide bonds. The van der Waals surface area contributed by atoms with Crippen LogP contribution in [-0.2, 0) is 6.54 Å². The monoisotopic (exact) mass is 513 g/mol. The largest absolute Gasteiger partial charge is 0.322 e. The first-order valence-electron chi connectivity index (χ1n) is 12.5. The van der Waals surface area contributed by atoms with E-state index in [1.165, 1.54) is 0 Å². The summed E-state index contributed by atoms with van der Waals surface area (Å²) in [6, 6.07) is 21.8. The van der Waals surface area contributed by atoms with Gasteiger partial charge in [0.2, 0.25) is 0 Å². The van der Waals surface area contributed by atoms with Crippen LogP contribution in [0.15, 0.2) is 85.2 Å². The van der Waals surface area contributed by atoms with Crippen molar-refractivity contribution in [1.29, 1.82) is 0 Å². The Hall–Kier alpha value is -4.01. The number of piperidine rings is 1. The summed E-state index contributed by atoms with van der Waals surface area (Å²) >= 11 is 0. The highest BCUT2D eigenvalue weighted by Gasteiger charge is 2.41. The molecule has 0 aliphatic carbocycles. The number of rotatable bonds is 6. The van der Waals surface area contributed by atoms with Gasteiger partial charge in [0.25, 0.3) is 11.8 Å². The van der Waals surface area contributed by atoms with Crippen molar-refractivity contribution in [2.75, 3.05) is 18.4 Å². The highest BCUT2D eigenvalue weighted by Crippen LogP contribution is 2.30. The third-order valence-corrected chi connectivity index (χ3v) is 6.76. The van der Waals surface area contributed by atoms with Crippen molar-refractivity contribution in [3.63, 3.8) is 0 Å². The van der Waals surface area contributed by atoms with E-state index >= 15 is 0 Å². The fraction of sp³-hybridized carbons (Fsp3) is 0.233. The maximum absolute atomic E-state index is 13.9. The number of carbonyl (C=O) groups is 1. The Balaban J connectivity index is 1.42. The lowest BCUT2D eigenvalue weighted by Crippen LogP contribution is -2.54. The number of amides is 1. The molecule has 1 saturated heterocycles. The number of alkyl halides is 2. The summed E-state index contributed by atoms with van der Waals surface area (Å²) in [6.07, 6.45) is 3.12. The van der Waals surface area contributed by atoms with Crippen LogP contribution >= 0.6 is 0 Å². The lowest BCUT2D eigenvalue weighted by atomic mass is 9.99. The second kappa shape index (κ2) is 10.8. The van der Waals surface area contributed by atoms with Crippen LogP contribution in [0.1, 0.15) is 28.2 Å². The second-order valence-corrected chi connectivity index (χ2v) is 9.71. The number of hydrogen-bond donors (Lipinski definition) is 2. The molecule has 0 radical (unpaired) electrons. The Morgan fingerprint density at radius 3 is 2.55 bits per heavy atom. The van der Waals surface area contributed by atoms with Crippen LogP contribution in [-0.4, -0.2) is 45.8 Å². The lowest BCUT2D eigenvalue weighted by Gasteiger charge is -2.36. The molecule has 8 heteroatoms. The molecule has 1 aliphatic rings. The molecule has 0 bridgehead atoms. The van der Waals surface area contributed by atoms with Gasteiger partial charge in [-0.15, -0.1) is 0 Å². The van der Waals surface area contributed by atoms with E-state index < -0.39 is 12.0 Å². The van der Waals surface area contributed by atoms with E-state index in [-0.39, 0.29) is 25.4 Å². The number of nitrogens with one attached hydrogen (secondary N) is 1. The van der Waals surface area contributed by atoms with Gasteiger partial charge in [-0.25, -0.2) is 8.78 Å². The highest BCUT2D eigenvalue weighted by molar-refractivity contribution is 6.03. The SMILES string of the molecule is Cc1ccc(-c2cc(CN3CCC(F)(F)C(N)C3)cc(NC(=O)c3cc(-c4ccccc4)ccn3)c2)cn1. The zero-order valence-corrected chi connectivity index (χ0v) is 21.1. The molecular weight excluding hydrogens is 484 g/mol. The maximum Gasteiger partial charge on any atom is 0.274 e. The average molecular weight is 514 g/mol. The summed E-state index contributed by atoms with van der Waals surface area (Å²) < 4.78 is 27.8. The molecule has 4 aromatic rings. The Kier molecular flexibility index (Phi) is 7.26. The normalized spacial score (nSPS) is 17.2. The number of halogens is 2.